The molecular weight excluding hydrogens is 1910 g/mol. The van der Waals surface area contributed by atoms with Crippen LogP contribution in [-0.4, -0.2) is 175 Å². The predicted octanol–water partition coefficient (Wildman–Crippen LogP) is 9.93. The van der Waals surface area contributed by atoms with Crippen molar-refractivity contribution in [3.63, 3.8) is 0 Å². The molecule has 0 saturated heterocycles. The normalized spacial score (nSPS) is 19.6. The fourth-order valence-electron chi connectivity index (χ4n) is 19.7. The number of nitrogens with zero attached hydrogens (tertiary/aromatic N) is 18. The molecule has 0 aliphatic heterocycles. The predicted molar refractivity (Wildman–Crippen MR) is 544 cm³/mol. The van der Waals surface area contributed by atoms with Crippen LogP contribution in [0.4, 0.5) is 0 Å². The van der Waals surface area contributed by atoms with Crippen LogP contribution in [0.2, 0.25) is 0 Å². The largest absolute Gasteiger partial charge is 1.00 e. The maximum absolute atomic E-state index is 13.0. The van der Waals surface area contributed by atoms with Gasteiger partial charge in [-0.3, -0.25) is 60.8 Å². The summed E-state index contributed by atoms with van der Waals surface area (Å²) < 4.78 is 75.4. The van der Waals surface area contributed by atoms with Gasteiger partial charge in [0.05, 0.1) is 77.3 Å². The molecule has 20 rings (SSSR count). The summed E-state index contributed by atoms with van der Waals surface area (Å²) >= 11 is 0. The van der Waals surface area contributed by atoms with Crippen LogP contribution in [0.1, 0.15) is 268 Å². The molecule has 146 heavy (non-hydrogen) atoms. The third kappa shape index (κ3) is 35.5. The van der Waals surface area contributed by atoms with E-state index in [-0.39, 0.29) is 92.0 Å². The second kappa shape index (κ2) is 57.6. The molecule has 44 heteroatoms. The average Bonchev–Trinajstić information content (AvgIpc) is 1.65. The number of carbonyl (C=O) groups excluding carboxylic acids is 3. The van der Waals surface area contributed by atoms with Gasteiger partial charge in [-0.05, 0) is 220 Å². The second-order valence-corrected chi connectivity index (χ2v) is 40.4. The Morgan fingerprint density at radius 3 is 1.14 bits per heavy atom. The minimum absolute atomic E-state index is 0. The Morgan fingerprint density at radius 1 is 0.411 bits per heavy atom. The van der Waals surface area contributed by atoms with E-state index >= 15 is 0 Å². The zero-order valence-electron chi connectivity index (χ0n) is 88.9. The molecule has 0 spiro atoms. The average molecular weight is 2050 g/mol. The van der Waals surface area contributed by atoms with E-state index in [4.69, 9.17) is 46.1 Å². The molecule has 13 heterocycles. The van der Waals surface area contributed by atoms with Crippen molar-refractivity contribution >= 4 is 69.4 Å². The number of aromatic nitrogens is 19. The van der Waals surface area contributed by atoms with Gasteiger partial charge in [0, 0.05) is 184 Å². The van der Waals surface area contributed by atoms with Crippen LogP contribution in [0.15, 0.2) is 145 Å². The third-order valence-electron chi connectivity index (χ3n) is 26.2. The zero-order valence-corrected chi connectivity index (χ0v) is 90.7. The van der Waals surface area contributed by atoms with Crippen LogP contribution in [0.25, 0.3) is 33.5 Å². The number of aryl methyl sites for hydroxylation is 14. The summed E-state index contributed by atoms with van der Waals surface area (Å²) in [5, 5.41) is 50.4. The monoisotopic (exact) mass is 2050 g/mol. The van der Waals surface area contributed by atoms with Crippen LogP contribution < -0.4 is 63.3 Å². The topological polar surface area (TPSA) is 534 Å². The number of allylic oxidation sites excluding steroid dienone is 4. The molecule has 9 atom stereocenters. The summed E-state index contributed by atoms with van der Waals surface area (Å²) in [7, 11) is 8.82. The van der Waals surface area contributed by atoms with Gasteiger partial charge in [0.1, 0.15) is 46.1 Å². The zero-order chi connectivity index (χ0) is 105. The first-order chi connectivity index (χ1) is 68.7. The molecule has 9 unspecified atom stereocenters. The number of carbonyl (C=O) groups is 3. The van der Waals surface area contributed by atoms with Gasteiger partial charge in [-0.15, -0.1) is 0 Å². The van der Waals surface area contributed by atoms with Crippen molar-refractivity contribution in [1.29, 1.82) is 0 Å². The van der Waals surface area contributed by atoms with Gasteiger partial charge in [0.2, 0.25) is 0 Å². The summed E-state index contributed by atoms with van der Waals surface area (Å²) in [5.41, 5.74) is 9.41. The Hall–Kier alpha value is -11.7. The summed E-state index contributed by atoms with van der Waals surface area (Å²) in [4.78, 5) is 122. The summed E-state index contributed by atoms with van der Waals surface area (Å²) in [6.07, 6.45) is 38.4. The van der Waals surface area contributed by atoms with Gasteiger partial charge in [-0.1, -0.05) is 72.9 Å². The maximum Gasteiger partial charge on any atom is 1.00 e. The van der Waals surface area contributed by atoms with E-state index in [0.29, 0.717) is 81.1 Å². The van der Waals surface area contributed by atoms with E-state index in [9.17, 15) is 56.7 Å². The van der Waals surface area contributed by atoms with Crippen molar-refractivity contribution < 1.29 is 105 Å². The summed E-state index contributed by atoms with van der Waals surface area (Å²) in [6, 6.07) is 13.4. The summed E-state index contributed by atoms with van der Waals surface area (Å²) in [6.45, 7) is 17.2. The van der Waals surface area contributed by atoms with Gasteiger partial charge >= 0.3 is 46.6 Å². The summed E-state index contributed by atoms with van der Waals surface area (Å²) in [5.74, 6) is 9.37. The minimum atomic E-state index is -3.35. The molecule has 13 aromatic heterocycles. The van der Waals surface area contributed by atoms with Crippen LogP contribution in [0.5, 0.6) is 0 Å². The number of aliphatic hydroxyl groups excluding tert-OH is 3. The van der Waals surface area contributed by atoms with Crippen molar-refractivity contribution in [2.24, 2.45) is 71.9 Å². The van der Waals surface area contributed by atoms with Gasteiger partial charge in [-0.2, -0.15) is 8.42 Å². The molecule has 7 aliphatic carbocycles. The van der Waals surface area contributed by atoms with E-state index in [0.717, 1.165) is 299 Å². The SMILES string of the molecule is CC1=CC(=O)CCC1.CO.CO.Cc1cc(C)on1.Cc1cc(CC2=CC(=O)CCC2)on1.Cc1cc(CC2CCCC(=O)C2)on1.Cc1cc(CC2CCCC(O)C2)on1.Cc1cc(CC2CCCC(OS(C)(=O)=O)C2)on1.Cc1cc(CC2CCCC(n3c(=O)c4c(ncn4C)n(C)c3=O)C2)on1.Cc1cc(CC2CCCC(n3c(=O)c4c(ncn4C)n(C)c3=O)C2)on1.Cn1cnc2c1c(=O)[nH]c(=O)n2C.[B].[H-].[Na+]. The molecule has 0 amide bonds. The number of nitrogens with one attached hydrogen (secondary N) is 1. The van der Waals surface area contributed by atoms with E-state index < -0.39 is 21.4 Å². The first-order valence-electron chi connectivity index (χ1n) is 49.4. The van der Waals surface area contributed by atoms with Gasteiger partial charge in [0.15, 0.2) is 45.1 Å². The number of hydrogen-bond donors (Lipinski definition) is 4. The first kappa shape index (κ1) is 119. The fraction of sp³-hybridized carbons (Fsp3) is 0.578. The van der Waals surface area contributed by atoms with Gasteiger partial charge in [0.25, 0.3) is 26.8 Å². The molecule has 4 N–H and O–H groups in total. The minimum Gasteiger partial charge on any atom is -1.00 e. The van der Waals surface area contributed by atoms with Crippen molar-refractivity contribution in [2.75, 3.05) is 20.5 Å². The Labute approximate surface area is 873 Å². The van der Waals surface area contributed by atoms with Crippen molar-refractivity contribution in [2.45, 2.75) is 292 Å². The molecule has 7 aliphatic rings. The number of Topliss-reactive ketones (excluding diaryl/α,β-unsaturated/α-hetero) is 1. The Bertz CT molecular complexity index is 6780. The van der Waals surface area contributed by atoms with E-state index in [1.54, 1.807) is 80.8 Å². The van der Waals surface area contributed by atoms with Crippen LogP contribution in [0.3, 0.4) is 0 Å². The number of rotatable bonds is 16. The molecule has 789 valence electrons. The number of fused-ring (bicyclic) bond motifs is 3. The van der Waals surface area contributed by atoms with E-state index in [2.05, 4.69) is 56.0 Å². The van der Waals surface area contributed by atoms with E-state index in [1.165, 1.54) is 41.2 Å². The Kier molecular flexibility index (Phi) is 47.1. The van der Waals surface area contributed by atoms with Crippen molar-refractivity contribution in [1.82, 2.24) is 92.6 Å². The molecule has 41 nitrogen and oxygen atoms in total. The number of H-pyrrole nitrogens is 1. The molecule has 0 bridgehead atoms. The first-order valence-corrected chi connectivity index (χ1v) is 51.2. The van der Waals surface area contributed by atoms with Crippen molar-refractivity contribution in [3.8, 4) is 0 Å². The fourth-order valence-corrected chi connectivity index (χ4v) is 20.3. The molecule has 3 radical (unpaired) electrons. The quantitative estimate of drug-likeness (QED) is 0.0516. The second-order valence-electron chi connectivity index (χ2n) is 38.8. The van der Waals surface area contributed by atoms with Gasteiger partial charge < -0.3 is 62.1 Å². The molecule has 13 aromatic rings. The molecular formula is C102H144BN19NaO22S. The molecule has 0 aromatic carbocycles. The molecule has 5 fully saturated rings. The third-order valence-corrected chi connectivity index (χ3v) is 26.9. The van der Waals surface area contributed by atoms with Crippen LogP contribution in [0, 0.1) is 85.0 Å². The number of aliphatic hydroxyl groups is 3. The smallest absolute Gasteiger partial charge is 1.00 e. The standard InChI is InChI=1S/2C18H23N5O3.C12H19NO4S.C11H17NO2.C11H15NO2.C11H13NO2.C7H8N4O2.C7H10O.C5H7NO.2CH4O.B.Na.H/c2*1-11-7-14(26-20-11)9-12-5-4-6-13(8-12)23-17(24)15-16(19-10-21(15)2)22(3)18(23)25;1-9-6-12(16-13-9)8-10-4-3-5-11(7-10)17-18(2,14)15;3*1-8-5-11(14-12-8)7-9-3-2-4-10(13)6-9;1-10-3-8-5-4(10)6(12)9-7(13)11(5)2;1-6-3-2-4-7(8)5-6;1-4-3-5(2)7-6-4;2*1-2;;;/h2*7,10,12-13H,4-6,8-9H2,1-3H3;6,10-11H,3-5,7-8H2,1-2H3;5,9-10,13H,2-4,6-7H2,1H3;5,9H,2-4,6-7H2,1H3;5-6H,2-4,7H2,1H3;3H,1-2H3,(H,9,12,13);5H,2-4H2,1H3;3H,1-2H3;2*2H,1H3;;;/q;;;;;;;;;;;;+1;-1. The van der Waals surface area contributed by atoms with Gasteiger partial charge in [-0.25, -0.2) is 29.3 Å². The Balaban J connectivity index is 0.000000228. The number of imidazole rings is 3. The number of hydrogen-bond acceptors (Lipinski definition) is 32. The number of ketones is 3. The number of aromatic amines is 1. The van der Waals surface area contributed by atoms with Crippen LogP contribution >= 0.6 is 0 Å². The van der Waals surface area contributed by atoms with E-state index in [1.807, 2.05) is 105 Å². The maximum atomic E-state index is 13.0. The Morgan fingerprint density at radius 2 is 0.774 bits per heavy atom. The van der Waals surface area contributed by atoms with Crippen molar-refractivity contribution in [3.05, 3.63) is 227 Å². The molecule has 5 saturated carbocycles. The van der Waals surface area contributed by atoms with Crippen LogP contribution in [-0.2, 0) is 109 Å².